The Bertz CT molecular complexity index is 340. The van der Waals surface area contributed by atoms with Crippen LogP contribution in [0, 0.1) is 11.8 Å². The van der Waals surface area contributed by atoms with Crippen molar-refractivity contribution in [2.45, 2.75) is 85.0 Å². The summed E-state index contributed by atoms with van der Waals surface area (Å²) in [5.41, 5.74) is 0. The summed E-state index contributed by atoms with van der Waals surface area (Å²) >= 11 is 0. The summed E-state index contributed by atoms with van der Waals surface area (Å²) in [7, 11) is 0. The van der Waals surface area contributed by atoms with Crippen LogP contribution in [0.4, 0.5) is 0 Å². The van der Waals surface area contributed by atoms with Crippen LogP contribution in [-0.2, 0) is 14.4 Å². The second-order valence-corrected chi connectivity index (χ2v) is 6.85. The predicted molar refractivity (Wildman–Crippen MR) is 94.3 cm³/mol. The van der Waals surface area contributed by atoms with Crippen molar-refractivity contribution in [3.8, 4) is 0 Å². The molecule has 0 bridgehead atoms. The van der Waals surface area contributed by atoms with Gasteiger partial charge in [0.05, 0.1) is 0 Å². The van der Waals surface area contributed by atoms with E-state index in [0.717, 1.165) is 64.2 Å². The van der Waals surface area contributed by atoms with Gasteiger partial charge in [-0.3, -0.25) is 9.59 Å². The van der Waals surface area contributed by atoms with Crippen LogP contribution in [0.1, 0.15) is 85.0 Å². The maximum Gasteiger partial charge on any atom is 0.219 e. The van der Waals surface area contributed by atoms with Crippen LogP contribution in [0.15, 0.2) is 0 Å². The van der Waals surface area contributed by atoms with E-state index in [9.17, 15) is 14.4 Å². The number of Topliss-reactive ketones (excluding diaryl/α,β-unsaturated/α-hetero) is 1. The quantitative estimate of drug-likeness (QED) is 0.365. The van der Waals surface area contributed by atoms with E-state index in [2.05, 4.69) is 5.32 Å². The van der Waals surface area contributed by atoms with Crippen LogP contribution in [0.5, 0.6) is 0 Å². The molecule has 0 heterocycles. The molecule has 4 nitrogen and oxygen atoms in total. The van der Waals surface area contributed by atoms with Gasteiger partial charge >= 0.3 is 0 Å². The van der Waals surface area contributed by atoms with Crippen molar-refractivity contribution in [1.29, 1.82) is 0 Å². The van der Waals surface area contributed by atoms with Crippen molar-refractivity contribution in [3.63, 3.8) is 0 Å². The Labute approximate surface area is 141 Å². The predicted octanol–water partition coefficient (Wildman–Crippen LogP) is 4.06. The summed E-state index contributed by atoms with van der Waals surface area (Å²) < 4.78 is 0. The van der Waals surface area contributed by atoms with Crippen molar-refractivity contribution in [2.24, 2.45) is 11.8 Å². The molecule has 0 radical (unpaired) electrons. The summed E-state index contributed by atoms with van der Waals surface area (Å²) in [5, 5.41) is 2.95. The number of rotatable bonds is 15. The number of hydrogen-bond acceptors (Lipinski definition) is 3. The van der Waals surface area contributed by atoms with Gasteiger partial charge in [-0.05, 0) is 25.7 Å². The van der Waals surface area contributed by atoms with E-state index < -0.39 is 0 Å². The third-order valence-electron chi connectivity index (χ3n) is 4.11. The monoisotopic (exact) mass is 325 g/mol. The van der Waals surface area contributed by atoms with Gasteiger partial charge in [-0.2, -0.15) is 0 Å². The fourth-order valence-electron chi connectivity index (χ4n) is 2.38. The van der Waals surface area contributed by atoms with Crippen LogP contribution >= 0.6 is 0 Å². The molecule has 134 valence electrons. The zero-order chi connectivity index (χ0) is 17.5. The van der Waals surface area contributed by atoms with Gasteiger partial charge < -0.3 is 10.1 Å². The molecular weight excluding hydrogens is 290 g/mol. The average Bonchev–Trinajstić information content (AvgIpc) is 2.53. The van der Waals surface area contributed by atoms with E-state index in [-0.39, 0.29) is 17.7 Å². The molecule has 0 aromatic heterocycles. The molecule has 1 unspecified atom stereocenters. The standard InChI is InChI=1S/C19H35NO3/c1-16(2)18(22)12-7-5-4-6-10-14-20-19(23)13-9-8-11-17(3)15-21/h15-17H,4-14H2,1-3H3,(H,20,23). The number of amides is 1. The number of ketones is 1. The first-order chi connectivity index (χ1) is 11.0. The lowest BCUT2D eigenvalue weighted by Crippen LogP contribution is -2.24. The summed E-state index contributed by atoms with van der Waals surface area (Å²) in [4.78, 5) is 33.5. The van der Waals surface area contributed by atoms with E-state index >= 15 is 0 Å². The van der Waals surface area contributed by atoms with Crippen molar-refractivity contribution >= 4 is 18.0 Å². The van der Waals surface area contributed by atoms with Crippen molar-refractivity contribution in [3.05, 3.63) is 0 Å². The Morgan fingerprint density at radius 1 is 0.870 bits per heavy atom. The maximum absolute atomic E-state index is 11.6. The second kappa shape index (κ2) is 14.4. The average molecular weight is 325 g/mol. The van der Waals surface area contributed by atoms with Crippen molar-refractivity contribution in [1.82, 2.24) is 5.32 Å². The number of hydrogen-bond donors (Lipinski definition) is 1. The van der Waals surface area contributed by atoms with E-state index in [1.54, 1.807) is 0 Å². The molecule has 0 aliphatic rings. The van der Waals surface area contributed by atoms with Gasteiger partial charge in [-0.15, -0.1) is 0 Å². The van der Waals surface area contributed by atoms with Gasteiger partial charge in [-0.25, -0.2) is 0 Å². The van der Waals surface area contributed by atoms with Crippen molar-refractivity contribution < 1.29 is 14.4 Å². The minimum absolute atomic E-state index is 0.105. The number of aldehydes is 1. The van der Waals surface area contributed by atoms with Gasteiger partial charge in [0.1, 0.15) is 12.1 Å². The Morgan fingerprint density at radius 2 is 1.48 bits per heavy atom. The Balaban J connectivity index is 3.32. The normalized spacial score (nSPS) is 12.2. The molecule has 0 aromatic rings. The highest BCUT2D eigenvalue weighted by Crippen LogP contribution is 2.09. The van der Waals surface area contributed by atoms with E-state index in [1.165, 1.54) is 0 Å². The number of carbonyl (C=O) groups excluding carboxylic acids is 3. The van der Waals surface area contributed by atoms with Gasteiger partial charge in [0.25, 0.3) is 0 Å². The fraction of sp³-hybridized carbons (Fsp3) is 0.842. The first-order valence-corrected chi connectivity index (χ1v) is 9.22. The smallest absolute Gasteiger partial charge is 0.219 e. The van der Waals surface area contributed by atoms with Crippen molar-refractivity contribution in [2.75, 3.05) is 6.54 Å². The zero-order valence-electron chi connectivity index (χ0n) is 15.2. The van der Waals surface area contributed by atoms with Gasteiger partial charge in [0.2, 0.25) is 5.91 Å². The maximum atomic E-state index is 11.6. The minimum Gasteiger partial charge on any atom is -0.356 e. The van der Waals surface area contributed by atoms with E-state index in [0.29, 0.717) is 18.6 Å². The number of nitrogens with one attached hydrogen (secondary N) is 1. The van der Waals surface area contributed by atoms with Gasteiger partial charge in [-0.1, -0.05) is 46.5 Å². The Morgan fingerprint density at radius 3 is 2.13 bits per heavy atom. The third kappa shape index (κ3) is 14.2. The molecule has 0 aromatic carbocycles. The highest BCUT2D eigenvalue weighted by atomic mass is 16.1. The second-order valence-electron chi connectivity index (χ2n) is 6.85. The van der Waals surface area contributed by atoms with Gasteiger partial charge in [0, 0.05) is 31.2 Å². The SMILES string of the molecule is CC(C=O)CCCCC(=O)NCCCCCCCC(=O)C(C)C. The fourth-order valence-corrected chi connectivity index (χ4v) is 2.38. The molecule has 1 N–H and O–H groups in total. The molecule has 0 fully saturated rings. The minimum atomic E-state index is 0.105. The van der Waals surface area contributed by atoms with Crippen LogP contribution in [0.25, 0.3) is 0 Å². The first kappa shape index (κ1) is 21.8. The number of unbranched alkanes of at least 4 members (excludes halogenated alkanes) is 5. The molecule has 23 heavy (non-hydrogen) atoms. The van der Waals surface area contributed by atoms with E-state index in [1.807, 2.05) is 20.8 Å². The lowest BCUT2D eigenvalue weighted by Gasteiger charge is -2.06. The highest BCUT2D eigenvalue weighted by molar-refractivity contribution is 5.80. The van der Waals surface area contributed by atoms with Crippen LogP contribution in [-0.4, -0.2) is 24.5 Å². The molecule has 0 aliphatic heterocycles. The van der Waals surface area contributed by atoms with Crippen LogP contribution in [0.2, 0.25) is 0 Å². The lowest BCUT2D eigenvalue weighted by molar-refractivity contribution is -0.122. The molecule has 1 amide bonds. The molecule has 4 heteroatoms. The zero-order valence-corrected chi connectivity index (χ0v) is 15.2. The summed E-state index contributed by atoms with van der Waals surface area (Å²) in [6.45, 7) is 6.56. The van der Waals surface area contributed by atoms with Crippen LogP contribution < -0.4 is 5.32 Å². The summed E-state index contributed by atoms with van der Waals surface area (Å²) in [6, 6.07) is 0. The van der Waals surface area contributed by atoms with E-state index in [4.69, 9.17) is 0 Å². The molecule has 0 aliphatic carbocycles. The molecule has 1 atom stereocenters. The Kier molecular flexibility index (Phi) is 13.7. The number of carbonyl (C=O) groups is 3. The van der Waals surface area contributed by atoms with Crippen LogP contribution in [0.3, 0.4) is 0 Å². The van der Waals surface area contributed by atoms with Gasteiger partial charge in [0.15, 0.2) is 0 Å². The Hall–Kier alpha value is -1.19. The lowest BCUT2D eigenvalue weighted by atomic mass is 10.0. The first-order valence-electron chi connectivity index (χ1n) is 9.22. The topological polar surface area (TPSA) is 63.2 Å². The molecular formula is C19H35NO3. The molecule has 0 saturated carbocycles. The summed E-state index contributed by atoms with van der Waals surface area (Å²) in [6.07, 6.45) is 10.2. The molecule has 0 rings (SSSR count). The largest absolute Gasteiger partial charge is 0.356 e. The summed E-state index contributed by atoms with van der Waals surface area (Å²) in [5.74, 6) is 0.742. The molecule has 0 spiro atoms. The highest BCUT2D eigenvalue weighted by Gasteiger charge is 2.06. The third-order valence-corrected chi connectivity index (χ3v) is 4.11. The molecule has 0 saturated heterocycles.